The first-order valence-electron chi connectivity index (χ1n) is 10.8. The first-order valence-corrected chi connectivity index (χ1v) is 10.8. The predicted molar refractivity (Wildman–Crippen MR) is 133 cm³/mol. The molecular formula is C27H29N3O3. The molecule has 0 saturated carbocycles. The van der Waals surface area contributed by atoms with Crippen LogP contribution in [0.5, 0.6) is 5.75 Å². The number of ether oxygens (including phenoxy) is 1. The third-order valence-electron chi connectivity index (χ3n) is 4.83. The summed E-state index contributed by atoms with van der Waals surface area (Å²) < 4.78 is 5.62. The van der Waals surface area contributed by atoms with Crippen molar-refractivity contribution in [1.29, 1.82) is 0 Å². The minimum Gasteiger partial charge on any atom is -0.489 e. The molecular weight excluding hydrogens is 414 g/mol. The van der Waals surface area contributed by atoms with Crippen molar-refractivity contribution in [3.63, 3.8) is 0 Å². The highest BCUT2D eigenvalue weighted by atomic mass is 16.5. The molecule has 0 bridgehead atoms. The van der Waals surface area contributed by atoms with E-state index in [4.69, 9.17) is 4.74 Å². The Labute approximate surface area is 194 Å². The Hall–Kier alpha value is -4.06. The molecule has 6 heteroatoms. The van der Waals surface area contributed by atoms with Crippen LogP contribution in [0.25, 0.3) is 0 Å². The summed E-state index contributed by atoms with van der Waals surface area (Å²) in [5.74, 6) is 0.275. The summed E-state index contributed by atoms with van der Waals surface area (Å²) in [6.07, 6.45) is 0. The number of hydrogen-bond acceptors (Lipinski definition) is 4. The summed E-state index contributed by atoms with van der Waals surface area (Å²) >= 11 is 0. The first kappa shape index (κ1) is 23.6. The van der Waals surface area contributed by atoms with E-state index in [9.17, 15) is 9.59 Å². The SMILES string of the molecule is C=C(C)COc1cccc(NCC(=O)Nc2cccc(C(=O)NC(C)c3ccccc3)c2)c1. The van der Waals surface area contributed by atoms with E-state index >= 15 is 0 Å². The van der Waals surface area contributed by atoms with Crippen LogP contribution in [0.2, 0.25) is 0 Å². The van der Waals surface area contributed by atoms with Gasteiger partial charge in [0.15, 0.2) is 0 Å². The minimum absolute atomic E-state index is 0.0748. The van der Waals surface area contributed by atoms with Crippen molar-refractivity contribution in [3.8, 4) is 5.75 Å². The molecule has 0 heterocycles. The molecule has 6 nitrogen and oxygen atoms in total. The number of rotatable bonds is 10. The van der Waals surface area contributed by atoms with Crippen LogP contribution < -0.4 is 20.7 Å². The largest absolute Gasteiger partial charge is 0.489 e. The maximum atomic E-state index is 12.7. The topological polar surface area (TPSA) is 79.5 Å². The maximum absolute atomic E-state index is 12.7. The Morgan fingerprint density at radius 2 is 1.67 bits per heavy atom. The zero-order valence-electron chi connectivity index (χ0n) is 18.9. The Bertz CT molecular complexity index is 1110. The molecule has 0 fully saturated rings. The van der Waals surface area contributed by atoms with Crippen LogP contribution in [0.3, 0.4) is 0 Å². The highest BCUT2D eigenvalue weighted by Gasteiger charge is 2.12. The van der Waals surface area contributed by atoms with Gasteiger partial charge in [-0.25, -0.2) is 0 Å². The second-order valence-corrected chi connectivity index (χ2v) is 7.86. The molecule has 1 unspecified atom stereocenters. The number of anilines is 2. The van der Waals surface area contributed by atoms with Gasteiger partial charge in [0.2, 0.25) is 5.91 Å². The molecule has 170 valence electrons. The lowest BCUT2D eigenvalue weighted by molar-refractivity contribution is -0.114. The van der Waals surface area contributed by atoms with Gasteiger partial charge in [-0.1, -0.05) is 49.0 Å². The van der Waals surface area contributed by atoms with E-state index in [0.29, 0.717) is 23.6 Å². The van der Waals surface area contributed by atoms with Crippen molar-refractivity contribution in [2.75, 3.05) is 23.8 Å². The van der Waals surface area contributed by atoms with Crippen LogP contribution in [0.4, 0.5) is 11.4 Å². The summed E-state index contributed by atoms with van der Waals surface area (Å²) in [6.45, 7) is 8.17. The summed E-state index contributed by atoms with van der Waals surface area (Å²) in [5.41, 5.74) is 3.76. The highest BCUT2D eigenvalue weighted by molar-refractivity contribution is 5.98. The van der Waals surface area contributed by atoms with Crippen molar-refractivity contribution in [3.05, 3.63) is 102 Å². The lowest BCUT2D eigenvalue weighted by atomic mass is 10.1. The van der Waals surface area contributed by atoms with Gasteiger partial charge < -0.3 is 20.7 Å². The van der Waals surface area contributed by atoms with E-state index in [1.165, 1.54) is 0 Å². The van der Waals surface area contributed by atoms with Gasteiger partial charge in [0, 0.05) is 23.0 Å². The molecule has 3 aromatic rings. The molecule has 0 aliphatic rings. The molecule has 0 aliphatic carbocycles. The summed E-state index contributed by atoms with van der Waals surface area (Å²) in [7, 11) is 0. The van der Waals surface area contributed by atoms with Crippen molar-refractivity contribution in [2.24, 2.45) is 0 Å². The number of carbonyl (C=O) groups is 2. The van der Waals surface area contributed by atoms with Crippen molar-refractivity contribution in [2.45, 2.75) is 19.9 Å². The van der Waals surface area contributed by atoms with Crippen molar-refractivity contribution >= 4 is 23.2 Å². The Morgan fingerprint density at radius 1 is 0.939 bits per heavy atom. The average Bonchev–Trinajstić information content (AvgIpc) is 2.82. The molecule has 3 N–H and O–H groups in total. The molecule has 0 aliphatic heterocycles. The predicted octanol–water partition coefficient (Wildman–Crippen LogP) is 5.18. The van der Waals surface area contributed by atoms with Crippen molar-refractivity contribution in [1.82, 2.24) is 5.32 Å². The number of hydrogen-bond donors (Lipinski definition) is 3. The van der Waals surface area contributed by atoms with E-state index < -0.39 is 0 Å². The maximum Gasteiger partial charge on any atom is 0.251 e. The van der Waals surface area contributed by atoms with E-state index in [1.54, 1.807) is 24.3 Å². The zero-order valence-corrected chi connectivity index (χ0v) is 18.9. The van der Waals surface area contributed by atoms with Gasteiger partial charge >= 0.3 is 0 Å². The van der Waals surface area contributed by atoms with Gasteiger partial charge in [-0.3, -0.25) is 9.59 Å². The smallest absolute Gasteiger partial charge is 0.251 e. The molecule has 0 spiro atoms. The lowest BCUT2D eigenvalue weighted by Gasteiger charge is -2.15. The summed E-state index contributed by atoms with van der Waals surface area (Å²) in [4.78, 5) is 25.1. The van der Waals surface area contributed by atoms with Gasteiger partial charge in [0.1, 0.15) is 12.4 Å². The first-order chi connectivity index (χ1) is 15.9. The summed E-state index contributed by atoms with van der Waals surface area (Å²) in [5, 5.41) is 8.88. The van der Waals surface area contributed by atoms with Crippen LogP contribution in [-0.4, -0.2) is 25.0 Å². The third kappa shape index (κ3) is 7.54. The molecule has 2 amide bonds. The van der Waals surface area contributed by atoms with E-state index in [1.807, 2.05) is 68.4 Å². The number of benzene rings is 3. The number of carbonyl (C=O) groups excluding carboxylic acids is 2. The molecule has 0 aromatic heterocycles. The number of amides is 2. The second-order valence-electron chi connectivity index (χ2n) is 7.86. The van der Waals surface area contributed by atoms with Crippen LogP contribution in [-0.2, 0) is 4.79 Å². The zero-order chi connectivity index (χ0) is 23.6. The van der Waals surface area contributed by atoms with Crippen LogP contribution in [0.15, 0.2) is 91.0 Å². The minimum atomic E-state index is -0.224. The van der Waals surface area contributed by atoms with Crippen LogP contribution in [0.1, 0.15) is 35.8 Å². The van der Waals surface area contributed by atoms with Gasteiger partial charge in [0.25, 0.3) is 5.91 Å². The fourth-order valence-corrected chi connectivity index (χ4v) is 3.13. The van der Waals surface area contributed by atoms with Crippen LogP contribution in [0, 0.1) is 0 Å². The number of nitrogens with one attached hydrogen (secondary N) is 3. The van der Waals surface area contributed by atoms with E-state index in [2.05, 4.69) is 22.5 Å². The highest BCUT2D eigenvalue weighted by Crippen LogP contribution is 2.18. The Balaban J connectivity index is 1.53. The quantitative estimate of drug-likeness (QED) is 0.377. The third-order valence-corrected chi connectivity index (χ3v) is 4.83. The second kappa shape index (κ2) is 11.5. The fourth-order valence-electron chi connectivity index (χ4n) is 3.13. The Kier molecular flexibility index (Phi) is 8.24. The summed E-state index contributed by atoms with van der Waals surface area (Å²) in [6, 6.07) is 23.9. The Morgan fingerprint density at radius 3 is 2.42 bits per heavy atom. The van der Waals surface area contributed by atoms with Gasteiger partial charge in [-0.15, -0.1) is 0 Å². The molecule has 33 heavy (non-hydrogen) atoms. The van der Waals surface area contributed by atoms with Crippen LogP contribution >= 0.6 is 0 Å². The lowest BCUT2D eigenvalue weighted by Crippen LogP contribution is -2.27. The van der Waals surface area contributed by atoms with E-state index in [0.717, 1.165) is 16.8 Å². The average molecular weight is 444 g/mol. The van der Waals surface area contributed by atoms with Gasteiger partial charge in [0.05, 0.1) is 12.6 Å². The van der Waals surface area contributed by atoms with Crippen molar-refractivity contribution < 1.29 is 14.3 Å². The fraction of sp³-hybridized carbons (Fsp3) is 0.185. The molecule has 1 atom stereocenters. The molecule has 3 rings (SSSR count). The normalized spacial score (nSPS) is 11.2. The standard InChI is InChI=1S/C27H29N3O3/c1-19(2)18-33-25-14-8-12-23(16-25)28-17-26(31)30-24-13-7-11-22(15-24)27(32)29-20(3)21-9-5-4-6-10-21/h4-16,20,28H,1,17-18H2,2-3H3,(H,29,32)(H,30,31). The molecule has 3 aromatic carbocycles. The van der Waals surface area contributed by atoms with E-state index in [-0.39, 0.29) is 24.4 Å². The molecule has 0 saturated heterocycles. The van der Waals surface area contributed by atoms with Gasteiger partial charge in [-0.2, -0.15) is 0 Å². The molecule has 0 radical (unpaired) electrons. The monoisotopic (exact) mass is 443 g/mol. The van der Waals surface area contributed by atoms with Gasteiger partial charge in [-0.05, 0) is 55.3 Å².